The summed E-state index contributed by atoms with van der Waals surface area (Å²) in [4.78, 5) is 12.3. The fraction of sp³-hybridized carbons (Fsp3) is 0.188. The summed E-state index contributed by atoms with van der Waals surface area (Å²) in [5.74, 6) is -2.52. The van der Waals surface area contributed by atoms with Crippen molar-refractivity contribution in [2.45, 2.75) is 23.5 Å². The van der Waals surface area contributed by atoms with Crippen molar-refractivity contribution in [3.8, 4) is 0 Å². The molecule has 1 amide bonds. The van der Waals surface area contributed by atoms with Crippen molar-refractivity contribution in [1.29, 1.82) is 0 Å². The first-order valence-electron chi connectivity index (χ1n) is 6.52. The maximum atomic E-state index is 12.2. The first-order valence-corrected chi connectivity index (χ1v) is 7.40. The third-order valence-electron chi connectivity index (χ3n) is 2.85. The van der Waals surface area contributed by atoms with Crippen molar-refractivity contribution >= 4 is 23.4 Å². The van der Waals surface area contributed by atoms with Crippen molar-refractivity contribution in [2.24, 2.45) is 0 Å². The first kappa shape index (κ1) is 15.5. The first-order chi connectivity index (χ1) is 10.1. The van der Waals surface area contributed by atoms with Crippen molar-refractivity contribution in [3.63, 3.8) is 0 Å². The van der Waals surface area contributed by atoms with Gasteiger partial charge in [-0.25, -0.2) is 0 Å². The van der Waals surface area contributed by atoms with E-state index in [0.29, 0.717) is 35.2 Å². The van der Waals surface area contributed by atoms with Crippen LogP contribution < -0.4 is 5.32 Å². The van der Waals surface area contributed by atoms with Crippen LogP contribution in [0.5, 0.6) is 0 Å². The molecule has 1 N–H and O–H groups in total. The standard InChI is InChI=1S/C16H15F2NOS/c17-16(18)21-14-9-7-13(8-10-14)19-15(20)11-6-12-4-2-1-3-5-12/h1-5,7-10,16H,6,11H2,(H,19,20). The van der Waals surface area contributed by atoms with Gasteiger partial charge in [-0.3, -0.25) is 4.79 Å². The number of alkyl halides is 2. The van der Waals surface area contributed by atoms with Crippen LogP contribution in [0, 0.1) is 0 Å². The number of hydrogen-bond acceptors (Lipinski definition) is 2. The molecular weight excluding hydrogens is 292 g/mol. The number of nitrogens with one attached hydrogen (secondary N) is 1. The number of benzene rings is 2. The molecule has 0 saturated carbocycles. The Kier molecular flexibility index (Phi) is 5.75. The van der Waals surface area contributed by atoms with Crippen LogP contribution in [0.3, 0.4) is 0 Å². The lowest BCUT2D eigenvalue weighted by molar-refractivity contribution is -0.116. The number of carbonyl (C=O) groups excluding carboxylic acids is 1. The number of hydrogen-bond donors (Lipinski definition) is 1. The van der Waals surface area contributed by atoms with Gasteiger partial charge in [0, 0.05) is 17.0 Å². The van der Waals surface area contributed by atoms with E-state index in [-0.39, 0.29) is 5.91 Å². The molecule has 0 aliphatic carbocycles. The van der Waals surface area contributed by atoms with Gasteiger partial charge in [0.1, 0.15) is 0 Å². The van der Waals surface area contributed by atoms with Gasteiger partial charge in [-0.05, 0) is 36.2 Å². The second-order valence-electron chi connectivity index (χ2n) is 4.44. The normalized spacial score (nSPS) is 10.6. The van der Waals surface area contributed by atoms with Crippen LogP contribution in [-0.2, 0) is 11.2 Å². The lowest BCUT2D eigenvalue weighted by Gasteiger charge is -2.06. The Morgan fingerprint density at radius 3 is 2.33 bits per heavy atom. The summed E-state index contributed by atoms with van der Waals surface area (Å²) in [6.07, 6.45) is 1.06. The fourth-order valence-electron chi connectivity index (χ4n) is 1.85. The van der Waals surface area contributed by atoms with Gasteiger partial charge in [0.15, 0.2) is 0 Å². The Balaban J connectivity index is 1.82. The monoisotopic (exact) mass is 307 g/mol. The molecule has 21 heavy (non-hydrogen) atoms. The van der Waals surface area contributed by atoms with Crippen molar-refractivity contribution in [1.82, 2.24) is 0 Å². The van der Waals surface area contributed by atoms with Gasteiger partial charge in [-0.15, -0.1) is 0 Å². The summed E-state index contributed by atoms with van der Waals surface area (Å²) in [6.45, 7) is 0. The molecule has 5 heteroatoms. The lowest BCUT2D eigenvalue weighted by atomic mass is 10.1. The number of halogens is 2. The summed E-state index contributed by atoms with van der Waals surface area (Å²) in [5, 5.41) is 2.76. The molecule has 110 valence electrons. The van der Waals surface area contributed by atoms with Gasteiger partial charge in [-0.2, -0.15) is 8.78 Å². The SMILES string of the molecule is O=C(CCc1ccccc1)Nc1ccc(SC(F)F)cc1. The number of aryl methyl sites for hydroxylation is 1. The van der Waals surface area contributed by atoms with E-state index in [0.717, 1.165) is 5.56 Å². The minimum atomic E-state index is -2.43. The van der Waals surface area contributed by atoms with E-state index in [1.807, 2.05) is 30.3 Å². The van der Waals surface area contributed by atoms with E-state index in [9.17, 15) is 13.6 Å². The van der Waals surface area contributed by atoms with E-state index in [4.69, 9.17) is 0 Å². The molecule has 0 fully saturated rings. The maximum absolute atomic E-state index is 12.2. The van der Waals surface area contributed by atoms with Gasteiger partial charge in [0.05, 0.1) is 0 Å². The van der Waals surface area contributed by atoms with Crippen LogP contribution in [-0.4, -0.2) is 11.7 Å². The zero-order valence-corrected chi connectivity index (χ0v) is 12.1. The quantitative estimate of drug-likeness (QED) is 0.792. The minimum absolute atomic E-state index is 0.0897. The minimum Gasteiger partial charge on any atom is -0.326 e. The Hall–Kier alpha value is -1.88. The second-order valence-corrected chi connectivity index (χ2v) is 5.50. The number of amides is 1. The molecule has 0 radical (unpaired) electrons. The average molecular weight is 307 g/mol. The number of anilines is 1. The zero-order chi connectivity index (χ0) is 15.1. The Morgan fingerprint density at radius 2 is 1.71 bits per heavy atom. The molecule has 2 rings (SSSR count). The largest absolute Gasteiger partial charge is 0.326 e. The average Bonchev–Trinajstić information content (AvgIpc) is 2.48. The molecular formula is C16H15F2NOS. The highest BCUT2D eigenvalue weighted by molar-refractivity contribution is 7.99. The van der Waals surface area contributed by atoms with E-state index in [2.05, 4.69) is 5.32 Å². The summed E-state index contributed by atoms with van der Waals surface area (Å²) in [5.41, 5.74) is 1.73. The van der Waals surface area contributed by atoms with E-state index >= 15 is 0 Å². The summed E-state index contributed by atoms with van der Waals surface area (Å²) in [7, 11) is 0. The zero-order valence-electron chi connectivity index (χ0n) is 11.3. The van der Waals surface area contributed by atoms with Gasteiger partial charge >= 0.3 is 0 Å². The molecule has 0 saturated heterocycles. The molecule has 0 bridgehead atoms. The lowest BCUT2D eigenvalue weighted by Crippen LogP contribution is -2.12. The van der Waals surface area contributed by atoms with E-state index < -0.39 is 5.76 Å². The molecule has 2 nitrogen and oxygen atoms in total. The molecule has 0 heterocycles. The predicted octanol–water partition coefficient (Wildman–Crippen LogP) is 4.57. The molecule has 0 spiro atoms. The number of thioether (sulfide) groups is 1. The summed E-state index contributed by atoms with van der Waals surface area (Å²) >= 11 is 0.488. The molecule has 0 aliphatic heterocycles. The highest BCUT2D eigenvalue weighted by Crippen LogP contribution is 2.26. The highest BCUT2D eigenvalue weighted by Gasteiger charge is 2.06. The molecule has 2 aromatic rings. The van der Waals surface area contributed by atoms with Gasteiger partial charge < -0.3 is 5.32 Å². The number of rotatable bonds is 6. The van der Waals surface area contributed by atoms with Crippen molar-refractivity contribution in [2.75, 3.05) is 5.32 Å². The summed E-state index contributed by atoms with van der Waals surface area (Å²) in [6, 6.07) is 16.2. The molecule has 0 atom stereocenters. The molecule has 0 aliphatic rings. The smallest absolute Gasteiger partial charge is 0.288 e. The molecule has 2 aromatic carbocycles. The second kappa shape index (κ2) is 7.78. The van der Waals surface area contributed by atoms with Crippen LogP contribution in [0.15, 0.2) is 59.5 Å². The van der Waals surface area contributed by atoms with Crippen LogP contribution >= 0.6 is 11.8 Å². The van der Waals surface area contributed by atoms with Crippen molar-refractivity contribution < 1.29 is 13.6 Å². The maximum Gasteiger partial charge on any atom is 0.288 e. The van der Waals surface area contributed by atoms with Crippen LogP contribution in [0.1, 0.15) is 12.0 Å². The summed E-state index contributed by atoms with van der Waals surface area (Å²) < 4.78 is 24.4. The van der Waals surface area contributed by atoms with Crippen LogP contribution in [0.4, 0.5) is 14.5 Å². The van der Waals surface area contributed by atoms with E-state index in [1.54, 1.807) is 24.3 Å². The molecule has 0 aromatic heterocycles. The van der Waals surface area contributed by atoms with Crippen LogP contribution in [0.25, 0.3) is 0 Å². The Labute approximate surface area is 126 Å². The Bertz CT molecular complexity index is 573. The van der Waals surface area contributed by atoms with Gasteiger partial charge in [0.2, 0.25) is 5.91 Å². The van der Waals surface area contributed by atoms with E-state index in [1.165, 1.54) is 0 Å². The molecule has 0 unspecified atom stereocenters. The van der Waals surface area contributed by atoms with Gasteiger partial charge in [-0.1, -0.05) is 42.1 Å². The topological polar surface area (TPSA) is 29.1 Å². The highest BCUT2D eigenvalue weighted by atomic mass is 32.2. The van der Waals surface area contributed by atoms with Crippen LogP contribution in [0.2, 0.25) is 0 Å². The Morgan fingerprint density at radius 1 is 1.05 bits per heavy atom. The van der Waals surface area contributed by atoms with Crippen molar-refractivity contribution in [3.05, 3.63) is 60.2 Å². The predicted molar refractivity (Wildman–Crippen MR) is 81.7 cm³/mol. The van der Waals surface area contributed by atoms with Gasteiger partial charge in [0.25, 0.3) is 5.76 Å². The third-order valence-corrected chi connectivity index (χ3v) is 3.57. The number of carbonyl (C=O) groups is 1. The fourth-order valence-corrected chi connectivity index (χ4v) is 2.34. The third kappa shape index (κ3) is 5.55.